The molecular weight excluding hydrogens is 246 g/mol. The number of aromatic amines is 1. The van der Waals surface area contributed by atoms with Crippen molar-refractivity contribution >= 4 is 11.7 Å². The standard InChI is InChI=1S/C13H15N3O3/c1-2-9-7-14-16-13(9)15-12(18)8-19-11-6-4-3-5-10(11)17/h3-7,17H,2,8H2,1H3,(H2,14,15,16,18). The third-order valence-electron chi connectivity index (χ3n) is 2.59. The molecule has 0 spiro atoms. The van der Waals surface area contributed by atoms with Crippen LogP contribution in [0.15, 0.2) is 30.5 Å². The van der Waals surface area contributed by atoms with Crippen LogP contribution >= 0.6 is 0 Å². The summed E-state index contributed by atoms with van der Waals surface area (Å²) in [6, 6.07) is 6.49. The largest absolute Gasteiger partial charge is 0.504 e. The Morgan fingerprint density at radius 2 is 2.26 bits per heavy atom. The Bertz CT molecular complexity index is 566. The summed E-state index contributed by atoms with van der Waals surface area (Å²) in [5.41, 5.74) is 0.927. The van der Waals surface area contributed by atoms with Crippen molar-refractivity contribution in [3.8, 4) is 11.5 Å². The molecule has 1 aromatic carbocycles. The number of aromatic hydroxyl groups is 1. The number of hydrogen-bond donors (Lipinski definition) is 3. The molecule has 0 unspecified atom stereocenters. The van der Waals surface area contributed by atoms with Gasteiger partial charge in [-0.15, -0.1) is 0 Å². The number of nitrogens with zero attached hydrogens (tertiary/aromatic N) is 1. The van der Waals surface area contributed by atoms with Crippen molar-refractivity contribution in [2.75, 3.05) is 11.9 Å². The van der Waals surface area contributed by atoms with Crippen LogP contribution in [-0.2, 0) is 11.2 Å². The molecule has 0 aliphatic heterocycles. The van der Waals surface area contributed by atoms with Crippen molar-refractivity contribution in [2.45, 2.75) is 13.3 Å². The summed E-state index contributed by atoms with van der Waals surface area (Å²) in [6.45, 7) is 1.79. The first-order valence-electron chi connectivity index (χ1n) is 5.93. The predicted molar refractivity (Wildman–Crippen MR) is 70.2 cm³/mol. The number of ether oxygens (including phenoxy) is 1. The number of nitrogens with one attached hydrogen (secondary N) is 2. The molecule has 19 heavy (non-hydrogen) atoms. The lowest BCUT2D eigenvalue weighted by molar-refractivity contribution is -0.118. The molecular formula is C13H15N3O3. The average molecular weight is 261 g/mol. The van der Waals surface area contributed by atoms with E-state index in [1.54, 1.807) is 24.4 Å². The van der Waals surface area contributed by atoms with E-state index in [2.05, 4.69) is 15.5 Å². The number of benzene rings is 1. The zero-order chi connectivity index (χ0) is 13.7. The number of phenolic OH excluding ortho intramolecular Hbond substituents is 1. The number of aromatic nitrogens is 2. The summed E-state index contributed by atoms with van der Waals surface area (Å²) in [6.07, 6.45) is 2.44. The van der Waals surface area contributed by atoms with E-state index in [9.17, 15) is 9.90 Å². The van der Waals surface area contributed by atoms with Crippen LogP contribution in [0.25, 0.3) is 0 Å². The number of aryl methyl sites for hydroxylation is 1. The number of H-pyrrole nitrogens is 1. The van der Waals surface area contributed by atoms with Crippen molar-refractivity contribution in [1.82, 2.24) is 10.2 Å². The zero-order valence-corrected chi connectivity index (χ0v) is 10.5. The van der Waals surface area contributed by atoms with Crippen LogP contribution in [0.4, 0.5) is 5.82 Å². The summed E-state index contributed by atoms with van der Waals surface area (Å²) in [5, 5.41) is 18.7. The maximum atomic E-state index is 11.7. The maximum Gasteiger partial charge on any atom is 0.263 e. The van der Waals surface area contributed by atoms with Gasteiger partial charge in [0, 0.05) is 5.56 Å². The minimum absolute atomic E-state index is 0.00564. The van der Waals surface area contributed by atoms with Gasteiger partial charge in [-0.05, 0) is 18.6 Å². The molecule has 6 heteroatoms. The summed E-state index contributed by atoms with van der Waals surface area (Å²) in [5.74, 6) is 0.541. The smallest absolute Gasteiger partial charge is 0.263 e. The van der Waals surface area contributed by atoms with E-state index >= 15 is 0 Å². The molecule has 1 amide bonds. The Balaban J connectivity index is 1.90. The first kappa shape index (κ1) is 12.9. The van der Waals surface area contributed by atoms with E-state index < -0.39 is 0 Å². The van der Waals surface area contributed by atoms with Crippen LogP contribution < -0.4 is 10.1 Å². The molecule has 1 aromatic heterocycles. The highest BCUT2D eigenvalue weighted by atomic mass is 16.5. The minimum atomic E-state index is -0.317. The second-order valence-electron chi connectivity index (χ2n) is 3.93. The van der Waals surface area contributed by atoms with Gasteiger partial charge in [0.05, 0.1) is 6.20 Å². The van der Waals surface area contributed by atoms with Gasteiger partial charge in [-0.1, -0.05) is 19.1 Å². The monoisotopic (exact) mass is 261 g/mol. The van der Waals surface area contributed by atoms with Crippen LogP contribution in [0.3, 0.4) is 0 Å². The van der Waals surface area contributed by atoms with Crippen molar-refractivity contribution in [2.24, 2.45) is 0 Å². The molecule has 6 nitrogen and oxygen atoms in total. The van der Waals surface area contributed by atoms with Crippen LogP contribution in [0.5, 0.6) is 11.5 Å². The van der Waals surface area contributed by atoms with Gasteiger partial charge in [-0.3, -0.25) is 9.89 Å². The second-order valence-corrected chi connectivity index (χ2v) is 3.93. The van der Waals surface area contributed by atoms with E-state index in [0.717, 1.165) is 12.0 Å². The lowest BCUT2D eigenvalue weighted by Gasteiger charge is -2.08. The second kappa shape index (κ2) is 5.90. The topological polar surface area (TPSA) is 87.2 Å². The molecule has 0 saturated heterocycles. The molecule has 2 rings (SSSR count). The molecule has 0 bridgehead atoms. The fourth-order valence-corrected chi connectivity index (χ4v) is 1.59. The van der Waals surface area contributed by atoms with Gasteiger partial charge in [0.25, 0.3) is 5.91 Å². The fraction of sp³-hybridized carbons (Fsp3) is 0.231. The van der Waals surface area contributed by atoms with Crippen LogP contribution in [-0.4, -0.2) is 27.8 Å². The minimum Gasteiger partial charge on any atom is -0.504 e. The lowest BCUT2D eigenvalue weighted by atomic mass is 10.2. The Hall–Kier alpha value is -2.50. The summed E-state index contributed by atoms with van der Waals surface area (Å²) in [4.78, 5) is 11.7. The third kappa shape index (κ3) is 3.25. The molecule has 0 radical (unpaired) electrons. The third-order valence-corrected chi connectivity index (χ3v) is 2.59. The van der Waals surface area contributed by atoms with Crippen molar-refractivity contribution in [1.29, 1.82) is 0 Å². The summed E-state index contributed by atoms with van der Waals surface area (Å²) >= 11 is 0. The number of carbonyl (C=O) groups excluding carboxylic acids is 1. The molecule has 1 heterocycles. The Kier molecular flexibility index (Phi) is 4.02. The molecule has 100 valence electrons. The van der Waals surface area contributed by atoms with Crippen LogP contribution in [0, 0.1) is 0 Å². The fourth-order valence-electron chi connectivity index (χ4n) is 1.59. The van der Waals surface area contributed by atoms with Crippen molar-refractivity contribution in [3.63, 3.8) is 0 Å². The van der Waals surface area contributed by atoms with E-state index in [4.69, 9.17) is 4.74 Å². The first-order valence-corrected chi connectivity index (χ1v) is 5.93. The highest BCUT2D eigenvalue weighted by Crippen LogP contribution is 2.24. The molecule has 0 aliphatic carbocycles. The van der Waals surface area contributed by atoms with Crippen LogP contribution in [0.1, 0.15) is 12.5 Å². The van der Waals surface area contributed by atoms with Gasteiger partial charge in [-0.2, -0.15) is 5.10 Å². The van der Waals surface area contributed by atoms with E-state index in [-0.39, 0.29) is 24.0 Å². The number of phenols is 1. The van der Waals surface area contributed by atoms with Gasteiger partial charge in [-0.25, -0.2) is 0 Å². The average Bonchev–Trinajstić information content (AvgIpc) is 2.85. The molecule has 2 aromatic rings. The Labute approximate surface area is 110 Å². The zero-order valence-electron chi connectivity index (χ0n) is 10.5. The number of anilines is 1. The van der Waals surface area contributed by atoms with Crippen LogP contribution in [0.2, 0.25) is 0 Å². The van der Waals surface area contributed by atoms with Gasteiger partial charge < -0.3 is 15.2 Å². The maximum absolute atomic E-state index is 11.7. The normalized spacial score (nSPS) is 10.2. The highest BCUT2D eigenvalue weighted by Gasteiger charge is 2.09. The van der Waals surface area contributed by atoms with E-state index in [1.807, 2.05) is 6.92 Å². The number of rotatable bonds is 5. The summed E-state index contributed by atoms with van der Waals surface area (Å²) < 4.78 is 5.22. The SMILES string of the molecule is CCc1cn[nH]c1NC(=O)COc1ccccc1O. The first-order chi connectivity index (χ1) is 9.20. The highest BCUT2D eigenvalue weighted by molar-refractivity contribution is 5.91. The molecule has 3 N–H and O–H groups in total. The van der Waals surface area contributed by atoms with E-state index in [1.165, 1.54) is 6.07 Å². The number of amides is 1. The molecule has 0 atom stereocenters. The van der Waals surface area contributed by atoms with Crippen molar-refractivity contribution < 1.29 is 14.6 Å². The lowest BCUT2D eigenvalue weighted by Crippen LogP contribution is -2.21. The van der Waals surface area contributed by atoms with Gasteiger partial charge in [0.15, 0.2) is 18.1 Å². The molecule has 0 fully saturated rings. The predicted octanol–water partition coefficient (Wildman–Crippen LogP) is 1.70. The summed E-state index contributed by atoms with van der Waals surface area (Å²) in [7, 11) is 0. The molecule has 0 saturated carbocycles. The Morgan fingerprint density at radius 1 is 1.47 bits per heavy atom. The number of para-hydroxylation sites is 2. The van der Waals surface area contributed by atoms with Gasteiger partial charge in [0.2, 0.25) is 0 Å². The Morgan fingerprint density at radius 3 is 3.00 bits per heavy atom. The quantitative estimate of drug-likeness (QED) is 0.764. The van der Waals surface area contributed by atoms with Crippen molar-refractivity contribution in [3.05, 3.63) is 36.0 Å². The van der Waals surface area contributed by atoms with Gasteiger partial charge >= 0.3 is 0 Å². The van der Waals surface area contributed by atoms with E-state index in [0.29, 0.717) is 5.82 Å². The molecule has 0 aliphatic rings. The number of carbonyl (C=O) groups is 1. The number of hydrogen-bond acceptors (Lipinski definition) is 4. The van der Waals surface area contributed by atoms with Gasteiger partial charge in [0.1, 0.15) is 5.82 Å².